The predicted octanol–water partition coefficient (Wildman–Crippen LogP) is 12.1. The molecule has 5 rings (SSSR count). The average molecular weight is 880 g/mol. The summed E-state index contributed by atoms with van der Waals surface area (Å²) >= 11 is 0. The molecule has 3 aromatic rings. The molecule has 57 heavy (non-hydrogen) atoms. The van der Waals surface area contributed by atoms with E-state index in [0.717, 1.165) is 0 Å². The molecule has 0 saturated heterocycles. The normalized spacial score (nSPS) is 15.0. The van der Waals surface area contributed by atoms with Crippen molar-refractivity contribution < 1.29 is 70.8 Å². The molecule has 0 amide bonds. The standard InChI is InChI=1S/2C11H18.2C9H13.C6BF5O3.2Fe/c2*1-7-8(2)10(4)11(5,6)9(7)3;2*1-6-5-7(2)9(4)8(6)3;8-1-2(9)4(11)6(15-7(13)14)5(12)3(1)10;;/h2*1-6H3;2*5H,1-4H3;;;/q;;2*-1;-2;2*+2. The van der Waals surface area contributed by atoms with Crippen molar-refractivity contribution in [2.75, 3.05) is 0 Å². The van der Waals surface area contributed by atoms with Crippen LogP contribution in [0.15, 0.2) is 56.7 Å². The van der Waals surface area contributed by atoms with Gasteiger partial charge in [0.15, 0.2) is 5.75 Å². The van der Waals surface area contributed by atoms with Gasteiger partial charge >= 0.3 is 34.1 Å². The van der Waals surface area contributed by atoms with Gasteiger partial charge in [-0.15, -0.1) is 0 Å². The van der Waals surface area contributed by atoms with Gasteiger partial charge < -0.3 is 14.7 Å². The van der Waals surface area contributed by atoms with Gasteiger partial charge in [0.05, 0.1) is 0 Å². The second kappa shape index (κ2) is 22.1. The molecule has 0 bridgehead atoms. The van der Waals surface area contributed by atoms with Gasteiger partial charge in [-0.2, -0.15) is 65.4 Å². The summed E-state index contributed by atoms with van der Waals surface area (Å²) in [6.07, 6.45) is 0. The molecule has 0 radical (unpaired) electrons. The van der Waals surface area contributed by atoms with Gasteiger partial charge in [0, 0.05) is 10.8 Å². The van der Waals surface area contributed by atoms with Gasteiger partial charge in [0.2, 0.25) is 29.1 Å². The zero-order chi connectivity index (χ0) is 43.4. The smallest absolute Gasteiger partial charge is 0.860 e. The molecule has 2 aliphatic rings. The Labute approximate surface area is 361 Å². The Kier molecular flexibility index (Phi) is 21.9. The molecule has 3 aromatic carbocycles. The third kappa shape index (κ3) is 12.7. The second-order valence-electron chi connectivity index (χ2n) is 16.1. The van der Waals surface area contributed by atoms with Crippen LogP contribution in [-0.2, 0) is 34.1 Å². The van der Waals surface area contributed by atoms with Crippen molar-refractivity contribution in [3.05, 3.63) is 130 Å². The van der Waals surface area contributed by atoms with E-state index in [9.17, 15) is 32.0 Å². The van der Waals surface area contributed by atoms with Crippen molar-refractivity contribution in [3.8, 4) is 5.75 Å². The van der Waals surface area contributed by atoms with E-state index in [1.807, 2.05) is 0 Å². The summed E-state index contributed by atoms with van der Waals surface area (Å²) in [5.74, 6) is -13.6. The Morgan fingerprint density at radius 1 is 0.474 bits per heavy atom. The van der Waals surface area contributed by atoms with Crippen LogP contribution >= 0.6 is 0 Å². The summed E-state index contributed by atoms with van der Waals surface area (Å²) in [5, 5.41) is 19.7. The zero-order valence-corrected chi connectivity index (χ0v) is 39.8. The van der Waals surface area contributed by atoms with Gasteiger partial charge in [0.1, 0.15) is 7.32 Å². The molecule has 0 spiro atoms. The van der Waals surface area contributed by atoms with E-state index in [-0.39, 0.29) is 34.1 Å². The average Bonchev–Trinajstić information content (AvgIpc) is 3.59. The molecule has 0 saturated carbocycles. The maximum Gasteiger partial charge on any atom is 2.00 e. The molecule has 0 aromatic heterocycles. The molecule has 2 aliphatic carbocycles. The van der Waals surface area contributed by atoms with Crippen molar-refractivity contribution in [1.29, 1.82) is 0 Å². The molecule has 0 heterocycles. The van der Waals surface area contributed by atoms with Crippen molar-refractivity contribution >= 4 is 7.32 Å². The maximum atomic E-state index is 12.6. The predicted molar refractivity (Wildman–Crippen MR) is 216 cm³/mol. The van der Waals surface area contributed by atoms with E-state index in [1.54, 1.807) is 0 Å². The third-order valence-corrected chi connectivity index (χ3v) is 12.9. The first kappa shape index (κ1) is 56.5. The fraction of sp³-hybridized carbons (Fsp3) is 0.478. The first-order valence-electron chi connectivity index (χ1n) is 18.5. The number of benzene rings is 1. The van der Waals surface area contributed by atoms with Crippen molar-refractivity contribution in [3.63, 3.8) is 0 Å². The number of hydrogen-bond acceptors (Lipinski definition) is 3. The Balaban J connectivity index is 0. The van der Waals surface area contributed by atoms with Crippen LogP contribution in [0.5, 0.6) is 5.75 Å². The van der Waals surface area contributed by atoms with Crippen LogP contribution < -0.4 is 14.7 Å². The number of aryl methyl sites for hydroxylation is 4. The molecule has 0 unspecified atom stereocenters. The first-order chi connectivity index (χ1) is 24.9. The molecular formula is C46H62BF5Fe2O3. The molecule has 3 nitrogen and oxygen atoms in total. The minimum Gasteiger partial charge on any atom is -0.860 e. The van der Waals surface area contributed by atoms with Crippen LogP contribution in [0.2, 0.25) is 0 Å². The minimum atomic E-state index is -3.20. The van der Waals surface area contributed by atoms with Crippen molar-refractivity contribution in [1.82, 2.24) is 0 Å². The quantitative estimate of drug-likeness (QED) is 0.0847. The number of halogens is 5. The van der Waals surface area contributed by atoms with Crippen LogP contribution in [0.1, 0.15) is 128 Å². The molecule has 0 N–H and O–H groups in total. The van der Waals surface area contributed by atoms with E-state index < -0.39 is 42.2 Å². The third-order valence-electron chi connectivity index (χ3n) is 12.9. The van der Waals surface area contributed by atoms with E-state index in [0.29, 0.717) is 10.8 Å². The molecular weight excluding hydrogens is 818 g/mol. The summed E-state index contributed by atoms with van der Waals surface area (Å²) in [4.78, 5) is 0. The van der Waals surface area contributed by atoms with Crippen LogP contribution in [-0.4, -0.2) is 7.32 Å². The fourth-order valence-corrected chi connectivity index (χ4v) is 6.61. The molecule has 0 atom stereocenters. The summed E-state index contributed by atoms with van der Waals surface area (Å²) < 4.78 is 65.9. The monoisotopic (exact) mass is 880 g/mol. The fourth-order valence-electron chi connectivity index (χ4n) is 6.61. The van der Waals surface area contributed by atoms with Gasteiger partial charge in [-0.05, 0) is 77.7 Å². The van der Waals surface area contributed by atoms with Crippen LogP contribution in [0.25, 0.3) is 0 Å². The summed E-state index contributed by atoms with van der Waals surface area (Å²) in [6, 6.07) is 4.48. The first-order valence-corrected chi connectivity index (χ1v) is 18.5. The van der Waals surface area contributed by atoms with Crippen LogP contribution in [0, 0.1) is 95.3 Å². The van der Waals surface area contributed by atoms with Gasteiger partial charge in [0.25, 0.3) is 0 Å². The number of allylic oxidation sites excluding steroid dienone is 8. The van der Waals surface area contributed by atoms with Crippen molar-refractivity contribution in [2.24, 2.45) is 10.8 Å². The Morgan fingerprint density at radius 3 is 0.825 bits per heavy atom. The Bertz CT molecular complexity index is 1790. The summed E-state index contributed by atoms with van der Waals surface area (Å²) in [6.45, 7) is 44.5. The van der Waals surface area contributed by atoms with Crippen LogP contribution in [0.4, 0.5) is 22.0 Å². The van der Waals surface area contributed by atoms with Crippen molar-refractivity contribution in [2.45, 2.75) is 138 Å². The summed E-state index contributed by atoms with van der Waals surface area (Å²) in [5.41, 5.74) is 24.2. The minimum absolute atomic E-state index is 0. The molecule has 318 valence electrons. The SMILES string of the molecule is CC1=C(C)C(C)(C)C(C)=C1C.CC1=C(C)C(C)(C)C(C)=C1C.Cc1c[c-](C)c(C)c1C.Cc1c[c-](C)c(C)c1C.[Fe+2].[Fe+2].[O-]B([O-])Oc1c(F)c(F)c(F)c(F)c1F. The van der Waals surface area contributed by atoms with E-state index in [4.69, 9.17) is 0 Å². The van der Waals surface area contributed by atoms with Crippen LogP contribution in [0.3, 0.4) is 0 Å². The second-order valence-corrected chi connectivity index (χ2v) is 16.1. The number of rotatable bonds is 2. The number of hydrogen-bond donors (Lipinski definition) is 0. The van der Waals surface area contributed by atoms with E-state index in [1.165, 1.54) is 89.1 Å². The molecule has 0 fully saturated rings. The van der Waals surface area contributed by atoms with Gasteiger partial charge in [-0.3, -0.25) is 0 Å². The Hall–Kier alpha value is -2.65. The van der Waals surface area contributed by atoms with E-state index >= 15 is 0 Å². The van der Waals surface area contributed by atoms with E-state index in [2.05, 4.69) is 155 Å². The molecule has 11 heteroatoms. The topological polar surface area (TPSA) is 55.3 Å². The largest absolute Gasteiger partial charge is 2.00 e. The zero-order valence-electron chi connectivity index (χ0n) is 37.6. The van der Waals surface area contributed by atoms with Gasteiger partial charge in [-0.1, -0.05) is 105 Å². The van der Waals surface area contributed by atoms with Gasteiger partial charge in [-0.25, -0.2) is 13.2 Å². The summed E-state index contributed by atoms with van der Waals surface area (Å²) in [7, 11) is -3.20. The maximum absolute atomic E-state index is 12.6. The molecule has 0 aliphatic heterocycles. The Morgan fingerprint density at radius 2 is 0.702 bits per heavy atom.